The second-order valence-corrected chi connectivity index (χ2v) is 2.50. The highest BCUT2D eigenvalue weighted by Crippen LogP contribution is 1.73. The lowest BCUT2D eigenvalue weighted by atomic mass is 10.5. The van der Waals surface area contributed by atoms with Crippen LogP contribution in [0.2, 0.25) is 0 Å². The fourth-order valence-corrected chi connectivity index (χ4v) is 0.458. The predicted molar refractivity (Wildman–Crippen MR) is 50.1 cm³/mol. The van der Waals surface area contributed by atoms with Gasteiger partial charge in [-0.25, -0.2) is 5.43 Å². The second-order valence-electron chi connectivity index (χ2n) is 2.50. The van der Waals surface area contributed by atoms with Crippen LogP contribution in [0.5, 0.6) is 0 Å². The molecule has 0 rings (SSSR count). The van der Waals surface area contributed by atoms with Crippen LogP contribution in [-0.2, 0) is 9.59 Å². The van der Waals surface area contributed by atoms with E-state index in [1.807, 2.05) is 0 Å². The van der Waals surface area contributed by atoms with Crippen LogP contribution < -0.4 is 10.7 Å². The lowest BCUT2D eigenvalue weighted by Crippen LogP contribution is -2.37. The van der Waals surface area contributed by atoms with Crippen molar-refractivity contribution in [2.45, 2.75) is 13.8 Å². The predicted octanol–water partition coefficient (Wildman–Crippen LogP) is -0.199. The minimum atomic E-state index is -0.775. The fourth-order valence-electron chi connectivity index (χ4n) is 0.458. The minimum Gasteiger partial charge on any atom is -0.344 e. The summed E-state index contributed by atoms with van der Waals surface area (Å²) >= 11 is 0. The quantitative estimate of drug-likeness (QED) is 0.275. The zero-order chi connectivity index (χ0) is 10.3. The van der Waals surface area contributed by atoms with Gasteiger partial charge in [-0.1, -0.05) is 6.08 Å². The van der Waals surface area contributed by atoms with E-state index in [9.17, 15) is 9.59 Å². The number of nitrogens with one attached hydrogen (secondary N) is 2. The number of rotatable bonds is 3. The molecular weight excluding hydrogens is 170 g/mol. The summed E-state index contributed by atoms with van der Waals surface area (Å²) in [7, 11) is 0. The Morgan fingerprint density at radius 2 is 2.00 bits per heavy atom. The maximum atomic E-state index is 10.9. The first-order valence-electron chi connectivity index (χ1n) is 3.78. The van der Waals surface area contributed by atoms with Gasteiger partial charge in [-0.2, -0.15) is 5.10 Å². The van der Waals surface area contributed by atoms with Crippen molar-refractivity contribution >= 4 is 17.5 Å². The van der Waals surface area contributed by atoms with E-state index >= 15 is 0 Å². The van der Waals surface area contributed by atoms with Crippen molar-refractivity contribution in [3.05, 3.63) is 12.7 Å². The molecule has 0 saturated heterocycles. The fraction of sp³-hybridized carbons (Fsp3) is 0.375. The van der Waals surface area contributed by atoms with Crippen LogP contribution in [0.1, 0.15) is 13.8 Å². The molecule has 2 N–H and O–H groups in total. The highest BCUT2D eigenvalue weighted by molar-refractivity contribution is 6.35. The molecule has 0 aliphatic carbocycles. The molecule has 5 nitrogen and oxygen atoms in total. The molecule has 0 spiro atoms. The van der Waals surface area contributed by atoms with E-state index in [2.05, 4.69) is 22.4 Å². The summed E-state index contributed by atoms with van der Waals surface area (Å²) in [6.07, 6.45) is 1.49. The number of hydrazone groups is 1. The van der Waals surface area contributed by atoms with Crippen LogP contribution in [0, 0.1) is 0 Å². The van der Waals surface area contributed by atoms with Crippen molar-refractivity contribution in [3.63, 3.8) is 0 Å². The Kier molecular flexibility index (Phi) is 5.18. The van der Waals surface area contributed by atoms with Gasteiger partial charge < -0.3 is 5.32 Å². The molecule has 0 aromatic heterocycles. The molecule has 0 unspecified atom stereocenters. The van der Waals surface area contributed by atoms with Gasteiger partial charge in [0, 0.05) is 12.3 Å². The van der Waals surface area contributed by atoms with Crippen molar-refractivity contribution in [2.75, 3.05) is 6.54 Å². The third kappa shape index (κ3) is 5.60. The molecule has 0 aromatic carbocycles. The van der Waals surface area contributed by atoms with Crippen LogP contribution in [0.15, 0.2) is 17.8 Å². The van der Waals surface area contributed by atoms with E-state index in [0.29, 0.717) is 5.71 Å². The summed E-state index contributed by atoms with van der Waals surface area (Å²) in [5.74, 6) is -1.49. The number of nitrogens with zero attached hydrogens (tertiary/aromatic N) is 1. The number of hydrogen-bond donors (Lipinski definition) is 2. The van der Waals surface area contributed by atoms with Crippen molar-refractivity contribution in [2.24, 2.45) is 5.10 Å². The van der Waals surface area contributed by atoms with Gasteiger partial charge in [-0.3, -0.25) is 9.59 Å². The molecule has 0 heterocycles. The molecular formula is C8H13N3O2. The molecule has 72 valence electrons. The monoisotopic (exact) mass is 183 g/mol. The average Bonchev–Trinajstić information content (AvgIpc) is 2.10. The SMILES string of the molecule is C=CCNC(=O)C(=O)NN=C(C)C. The van der Waals surface area contributed by atoms with Crippen molar-refractivity contribution in [3.8, 4) is 0 Å². The first-order valence-corrected chi connectivity index (χ1v) is 3.78. The molecule has 0 aliphatic rings. The van der Waals surface area contributed by atoms with Gasteiger partial charge in [0.15, 0.2) is 0 Å². The smallest absolute Gasteiger partial charge is 0.329 e. The maximum Gasteiger partial charge on any atom is 0.329 e. The zero-order valence-electron chi connectivity index (χ0n) is 7.76. The third-order valence-corrected chi connectivity index (χ3v) is 0.994. The number of carbonyl (C=O) groups excluding carboxylic acids is 2. The van der Waals surface area contributed by atoms with E-state index in [-0.39, 0.29) is 6.54 Å². The molecule has 0 saturated carbocycles. The Morgan fingerprint density at radius 1 is 1.38 bits per heavy atom. The summed E-state index contributed by atoms with van der Waals surface area (Å²) in [5.41, 5.74) is 2.76. The van der Waals surface area contributed by atoms with E-state index in [4.69, 9.17) is 0 Å². The van der Waals surface area contributed by atoms with Crippen LogP contribution >= 0.6 is 0 Å². The zero-order valence-corrected chi connectivity index (χ0v) is 7.76. The first-order chi connectivity index (χ1) is 6.07. The summed E-state index contributed by atoms with van der Waals surface area (Å²) in [4.78, 5) is 21.8. The summed E-state index contributed by atoms with van der Waals surface area (Å²) in [6, 6.07) is 0. The minimum absolute atomic E-state index is 0.265. The maximum absolute atomic E-state index is 10.9. The summed E-state index contributed by atoms with van der Waals surface area (Å²) in [5, 5.41) is 5.90. The molecule has 0 aliphatic heterocycles. The van der Waals surface area contributed by atoms with Gasteiger partial charge in [0.05, 0.1) is 0 Å². The van der Waals surface area contributed by atoms with Gasteiger partial charge in [0.1, 0.15) is 0 Å². The molecule has 0 bridgehead atoms. The Labute approximate surface area is 76.9 Å². The Morgan fingerprint density at radius 3 is 2.46 bits per heavy atom. The molecule has 0 fully saturated rings. The number of hydrogen-bond acceptors (Lipinski definition) is 3. The molecule has 0 radical (unpaired) electrons. The normalized spacial score (nSPS) is 8.46. The number of carbonyl (C=O) groups is 2. The highest BCUT2D eigenvalue weighted by atomic mass is 16.2. The van der Waals surface area contributed by atoms with E-state index in [1.165, 1.54) is 6.08 Å². The van der Waals surface area contributed by atoms with Gasteiger partial charge in [-0.05, 0) is 13.8 Å². The average molecular weight is 183 g/mol. The van der Waals surface area contributed by atoms with Crippen molar-refractivity contribution < 1.29 is 9.59 Å². The third-order valence-electron chi connectivity index (χ3n) is 0.994. The second kappa shape index (κ2) is 5.93. The first kappa shape index (κ1) is 11.4. The van der Waals surface area contributed by atoms with Gasteiger partial charge >= 0.3 is 11.8 Å². The Hall–Kier alpha value is -1.65. The van der Waals surface area contributed by atoms with Crippen LogP contribution in [0.4, 0.5) is 0 Å². The van der Waals surface area contributed by atoms with E-state index in [1.54, 1.807) is 13.8 Å². The molecule has 0 atom stereocenters. The molecule has 0 aromatic rings. The topological polar surface area (TPSA) is 70.6 Å². The van der Waals surface area contributed by atoms with Gasteiger partial charge in [-0.15, -0.1) is 6.58 Å². The van der Waals surface area contributed by atoms with Crippen molar-refractivity contribution in [1.29, 1.82) is 0 Å². The van der Waals surface area contributed by atoms with Crippen LogP contribution in [-0.4, -0.2) is 24.1 Å². The van der Waals surface area contributed by atoms with E-state index < -0.39 is 11.8 Å². The van der Waals surface area contributed by atoms with E-state index in [0.717, 1.165) is 0 Å². The Bertz CT molecular complexity index is 242. The standard InChI is InChI=1S/C8H13N3O2/c1-4-5-9-7(12)8(13)11-10-6(2)3/h4H,1,5H2,2-3H3,(H,9,12)(H,11,13). The van der Waals surface area contributed by atoms with Crippen LogP contribution in [0.3, 0.4) is 0 Å². The molecule has 2 amide bonds. The summed E-state index contributed by atoms with van der Waals surface area (Å²) in [6.45, 7) is 7.08. The van der Waals surface area contributed by atoms with Gasteiger partial charge in [0.25, 0.3) is 0 Å². The lowest BCUT2D eigenvalue weighted by Gasteiger charge is -1.99. The van der Waals surface area contributed by atoms with Crippen molar-refractivity contribution in [1.82, 2.24) is 10.7 Å². The van der Waals surface area contributed by atoms with Crippen LogP contribution in [0.25, 0.3) is 0 Å². The highest BCUT2D eigenvalue weighted by Gasteiger charge is 2.10. The molecule has 5 heteroatoms. The summed E-state index contributed by atoms with van der Waals surface area (Å²) < 4.78 is 0. The number of amides is 2. The van der Waals surface area contributed by atoms with Gasteiger partial charge in [0.2, 0.25) is 0 Å². The lowest BCUT2D eigenvalue weighted by molar-refractivity contribution is -0.139. The molecule has 13 heavy (non-hydrogen) atoms. The Balaban J connectivity index is 3.90. The largest absolute Gasteiger partial charge is 0.344 e.